The number of benzene rings is 2. The number of thiophene rings is 1. The molecule has 5 rings (SSSR count). The molecule has 2 N–H and O–H groups in total. The second-order valence-corrected chi connectivity index (χ2v) is 10.4. The number of fused-ring (bicyclic) bond motifs is 1. The first-order valence-corrected chi connectivity index (χ1v) is 13.5. The number of carbonyl (C=O) groups is 2. The van der Waals surface area contributed by atoms with E-state index in [0.29, 0.717) is 11.5 Å². The molecule has 2 atom stereocenters. The van der Waals surface area contributed by atoms with Gasteiger partial charge in [-0.1, -0.05) is 42.5 Å². The number of rotatable bonds is 8. The molecule has 1 saturated heterocycles. The van der Waals surface area contributed by atoms with Gasteiger partial charge in [-0.15, -0.1) is 11.3 Å². The number of piperazine rings is 1. The molecule has 2 aliphatic heterocycles. The van der Waals surface area contributed by atoms with Crippen LogP contribution in [-0.2, 0) is 22.7 Å². The van der Waals surface area contributed by atoms with E-state index in [1.807, 2.05) is 31.2 Å². The lowest BCUT2D eigenvalue weighted by Gasteiger charge is -2.41. The predicted molar refractivity (Wildman–Crippen MR) is 142 cm³/mol. The molecular weight excluding hydrogens is 488 g/mol. The summed E-state index contributed by atoms with van der Waals surface area (Å²) < 4.78 is 10.7. The summed E-state index contributed by atoms with van der Waals surface area (Å²) in [5, 5.41) is 7.72. The minimum atomic E-state index is -0.651. The Morgan fingerprint density at radius 3 is 2.46 bits per heavy atom. The second-order valence-electron chi connectivity index (χ2n) is 9.39. The van der Waals surface area contributed by atoms with Gasteiger partial charge in [-0.25, -0.2) is 0 Å². The molecule has 0 aliphatic carbocycles. The van der Waals surface area contributed by atoms with Crippen molar-refractivity contribution in [1.82, 2.24) is 20.4 Å². The van der Waals surface area contributed by atoms with Crippen LogP contribution in [0, 0.1) is 0 Å². The van der Waals surface area contributed by atoms with Gasteiger partial charge in [0, 0.05) is 50.2 Å². The minimum Gasteiger partial charge on any atom is -0.454 e. The average Bonchev–Trinajstić information content (AvgIpc) is 3.61. The van der Waals surface area contributed by atoms with Crippen LogP contribution >= 0.6 is 11.3 Å². The van der Waals surface area contributed by atoms with Crippen molar-refractivity contribution in [3.63, 3.8) is 0 Å². The van der Waals surface area contributed by atoms with Crippen LogP contribution in [0.5, 0.6) is 11.5 Å². The summed E-state index contributed by atoms with van der Waals surface area (Å²) in [4.78, 5) is 31.4. The highest BCUT2D eigenvalue weighted by atomic mass is 32.1. The molecule has 3 heterocycles. The molecule has 0 bridgehead atoms. The molecule has 1 fully saturated rings. The molecule has 1 aromatic heterocycles. The lowest BCUT2D eigenvalue weighted by Crippen LogP contribution is -2.53. The maximum atomic E-state index is 12.8. The highest BCUT2D eigenvalue weighted by molar-refractivity contribution is 7.10. The third-order valence-corrected chi connectivity index (χ3v) is 7.76. The SMILES string of the molecule is C[C@@H](NC(=O)C(=O)NCc1ccc2c(c1)OCO2)[C@@H](c1cccs1)N1CCN(Cc2ccccc2)CC1. The van der Waals surface area contributed by atoms with Crippen molar-refractivity contribution >= 4 is 23.2 Å². The van der Waals surface area contributed by atoms with Crippen LogP contribution in [0.25, 0.3) is 0 Å². The van der Waals surface area contributed by atoms with Gasteiger partial charge >= 0.3 is 11.8 Å². The Balaban J connectivity index is 1.16. The van der Waals surface area contributed by atoms with E-state index in [1.165, 1.54) is 10.4 Å². The summed E-state index contributed by atoms with van der Waals surface area (Å²) in [6.45, 7) is 7.03. The molecule has 37 heavy (non-hydrogen) atoms. The van der Waals surface area contributed by atoms with Crippen LogP contribution in [0.2, 0.25) is 0 Å². The third kappa shape index (κ3) is 6.30. The van der Waals surface area contributed by atoms with Gasteiger partial charge in [0.15, 0.2) is 11.5 Å². The largest absolute Gasteiger partial charge is 0.454 e. The van der Waals surface area contributed by atoms with Gasteiger partial charge in [0.2, 0.25) is 6.79 Å². The fourth-order valence-electron chi connectivity index (χ4n) is 4.91. The minimum absolute atomic E-state index is 0.00415. The Bertz CT molecular complexity index is 1200. The van der Waals surface area contributed by atoms with E-state index in [1.54, 1.807) is 17.4 Å². The second kappa shape index (κ2) is 11.8. The van der Waals surface area contributed by atoms with Gasteiger partial charge in [-0.2, -0.15) is 0 Å². The van der Waals surface area contributed by atoms with Crippen LogP contribution in [0.4, 0.5) is 0 Å². The quantitative estimate of drug-likeness (QED) is 0.444. The first kappa shape index (κ1) is 25.3. The van der Waals surface area contributed by atoms with E-state index in [-0.39, 0.29) is 25.4 Å². The molecule has 0 unspecified atom stereocenters. The van der Waals surface area contributed by atoms with E-state index >= 15 is 0 Å². The van der Waals surface area contributed by atoms with E-state index < -0.39 is 11.8 Å². The summed E-state index contributed by atoms with van der Waals surface area (Å²) >= 11 is 1.68. The molecule has 2 amide bonds. The van der Waals surface area contributed by atoms with Crippen molar-refractivity contribution in [2.75, 3.05) is 33.0 Å². The Hall–Kier alpha value is -3.40. The lowest BCUT2D eigenvalue weighted by molar-refractivity contribution is -0.140. The van der Waals surface area contributed by atoms with Crippen LogP contribution in [0.1, 0.15) is 29.0 Å². The van der Waals surface area contributed by atoms with Gasteiger partial charge in [0.05, 0.1) is 6.04 Å². The summed E-state index contributed by atoms with van der Waals surface area (Å²) in [5.74, 6) is 0.0503. The summed E-state index contributed by atoms with van der Waals surface area (Å²) in [6.07, 6.45) is 0. The van der Waals surface area contributed by atoms with Crippen LogP contribution in [0.3, 0.4) is 0 Å². The molecule has 3 aromatic rings. The predicted octanol–water partition coefficient (Wildman–Crippen LogP) is 3.16. The van der Waals surface area contributed by atoms with Gasteiger partial charge in [0.25, 0.3) is 0 Å². The molecule has 2 aromatic carbocycles. The maximum Gasteiger partial charge on any atom is 0.309 e. The van der Waals surface area contributed by atoms with E-state index in [4.69, 9.17) is 9.47 Å². The topological polar surface area (TPSA) is 83.1 Å². The standard InChI is InChI=1S/C28H32N4O4S/c1-20(30-28(34)27(33)29-17-22-9-10-23-24(16-22)36-19-35-23)26(25-8-5-15-37-25)32-13-11-31(12-14-32)18-21-6-3-2-4-7-21/h2-10,15-16,20,26H,11-14,17-19H2,1H3,(H,29,33)(H,30,34)/t20-,26+/m1/s1. The molecule has 0 saturated carbocycles. The van der Waals surface area contributed by atoms with Crippen molar-refractivity contribution in [2.45, 2.75) is 32.1 Å². The van der Waals surface area contributed by atoms with E-state index in [9.17, 15) is 9.59 Å². The number of hydrogen-bond donors (Lipinski definition) is 2. The highest BCUT2D eigenvalue weighted by Crippen LogP contribution is 2.32. The molecule has 9 heteroatoms. The zero-order chi connectivity index (χ0) is 25.6. The van der Waals surface area contributed by atoms with Crippen molar-refractivity contribution in [1.29, 1.82) is 0 Å². The molecule has 2 aliphatic rings. The number of amides is 2. The molecule has 8 nitrogen and oxygen atoms in total. The molecular formula is C28H32N4O4S. The fourth-order valence-corrected chi connectivity index (χ4v) is 5.87. The van der Waals surface area contributed by atoms with Gasteiger partial charge < -0.3 is 20.1 Å². The zero-order valence-electron chi connectivity index (χ0n) is 20.9. The van der Waals surface area contributed by atoms with Crippen molar-refractivity contribution < 1.29 is 19.1 Å². The number of nitrogens with zero attached hydrogens (tertiary/aromatic N) is 2. The lowest BCUT2D eigenvalue weighted by atomic mass is 10.0. The van der Waals surface area contributed by atoms with E-state index in [2.05, 4.69) is 56.1 Å². The third-order valence-electron chi connectivity index (χ3n) is 6.81. The Morgan fingerprint density at radius 1 is 0.919 bits per heavy atom. The molecule has 194 valence electrons. The van der Waals surface area contributed by atoms with Crippen molar-refractivity contribution in [3.8, 4) is 11.5 Å². The Labute approximate surface area is 221 Å². The normalized spacial score (nSPS) is 17.2. The maximum absolute atomic E-state index is 12.8. The first-order chi connectivity index (χ1) is 18.1. The highest BCUT2D eigenvalue weighted by Gasteiger charge is 2.32. The average molecular weight is 521 g/mol. The number of carbonyl (C=O) groups excluding carboxylic acids is 2. The van der Waals surface area contributed by atoms with Crippen molar-refractivity contribution in [2.24, 2.45) is 0 Å². The first-order valence-electron chi connectivity index (χ1n) is 12.6. The smallest absolute Gasteiger partial charge is 0.309 e. The molecule has 0 radical (unpaired) electrons. The van der Waals surface area contributed by atoms with Crippen LogP contribution in [-0.4, -0.2) is 60.6 Å². The van der Waals surface area contributed by atoms with Gasteiger partial charge in [-0.3, -0.25) is 19.4 Å². The van der Waals surface area contributed by atoms with Crippen LogP contribution in [0.15, 0.2) is 66.0 Å². The van der Waals surface area contributed by atoms with Gasteiger partial charge in [-0.05, 0) is 41.6 Å². The summed E-state index contributed by atoms with van der Waals surface area (Å²) in [5.41, 5.74) is 2.15. The van der Waals surface area contributed by atoms with Crippen LogP contribution < -0.4 is 20.1 Å². The molecule has 0 spiro atoms. The van der Waals surface area contributed by atoms with Gasteiger partial charge in [0.1, 0.15) is 0 Å². The van der Waals surface area contributed by atoms with Crippen molar-refractivity contribution in [3.05, 3.63) is 82.0 Å². The van der Waals surface area contributed by atoms with E-state index in [0.717, 1.165) is 38.3 Å². The Morgan fingerprint density at radius 2 is 1.70 bits per heavy atom. The number of nitrogens with one attached hydrogen (secondary N) is 2. The summed E-state index contributed by atoms with van der Waals surface area (Å²) in [6, 6.07) is 19.9. The Kier molecular flexibility index (Phi) is 8.03. The number of hydrogen-bond acceptors (Lipinski definition) is 7. The monoisotopic (exact) mass is 520 g/mol. The number of ether oxygens (including phenoxy) is 2. The fraction of sp³-hybridized carbons (Fsp3) is 0.357. The summed E-state index contributed by atoms with van der Waals surface area (Å²) in [7, 11) is 0. The zero-order valence-corrected chi connectivity index (χ0v) is 21.7.